The Morgan fingerprint density at radius 1 is 0.929 bits per heavy atom. The van der Waals surface area contributed by atoms with Crippen LogP contribution in [0.4, 0.5) is 0 Å². The first kappa shape index (κ1) is 18.9. The normalized spacial score (nSPS) is 17.3. The van der Waals surface area contributed by atoms with Gasteiger partial charge in [-0.1, -0.05) is 81.4 Å². The molecule has 4 heteroatoms. The highest BCUT2D eigenvalue weighted by molar-refractivity contribution is 7.12. The molecule has 4 rings (SSSR count). The van der Waals surface area contributed by atoms with Crippen LogP contribution in [0, 0.1) is 5.41 Å². The summed E-state index contributed by atoms with van der Waals surface area (Å²) in [5.74, 6) is 0.634. The Morgan fingerprint density at radius 2 is 1.50 bits per heavy atom. The van der Waals surface area contributed by atoms with E-state index in [1.165, 1.54) is 0 Å². The summed E-state index contributed by atoms with van der Waals surface area (Å²) in [7, 11) is 0. The van der Waals surface area contributed by atoms with Crippen molar-refractivity contribution in [2.45, 2.75) is 32.4 Å². The van der Waals surface area contributed by atoms with E-state index in [9.17, 15) is 5.11 Å². The number of rotatable bonds is 4. The molecule has 0 radical (unpaired) electrons. The molecule has 0 fully saturated rings. The average Bonchev–Trinajstić information content (AvgIpc) is 3.38. The van der Waals surface area contributed by atoms with Crippen molar-refractivity contribution in [3.8, 4) is 0 Å². The predicted octanol–water partition coefficient (Wildman–Crippen LogP) is 5.22. The van der Waals surface area contributed by atoms with Crippen molar-refractivity contribution in [2.24, 2.45) is 10.4 Å². The van der Waals surface area contributed by atoms with E-state index in [1.807, 2.05) is 72.1 Å². The SMILES string of the molecule is CC(C)(C)[C@H]1COC(c2sccc2C(O)(c2ccccc2)c2ccccc2)=N1. The molecule has 2 aromatic carbocycles. The highest BCUT2D eigenvalue weighted by atomic mass is 32.1. The van der Waals surface area contributed by atoms with Gasteiger partial charge in [-0.3, -0.25) is 0 Å². The minimum Gasteiger partial charge on any atom is -0.475 e. The Bertz CT molecular complexity index is 931. The molecule has 1 aliphatic heterocycles. The van der Waals surface area contributed by atoms with Crippen LogP contribution in [-0.4, -0.2) is 23.7 Å². The summed E-state index contributed by atoms with van der Waals surface area (Å²) in [5, 5.41) is 14.1. The number of thiophene rings is 1. The topological polar surface area (TPSA) is 41.8 Å². The van der Waals surface area contributed by atoms with Crippen LogP contribution in [0.25, 0.3) is 0 Å². The number of benzene rings is 2. The van der Waals surface area contributed by atoms with Crippen molar-refractivity contribution in [1.29, 1.82) is 0 Å². The highest BCUT2D eigenvalue weighted by Gasteiger charge is 2.39. The van der Waals surface area contributed by atoms with E-state index in [0.717, 1.165) is 21.6 Å². The van der Waals surface area contributed by atoms with Gasteiger partial charge in [-0.25, -0.2) is 4.99 Å². The molecule has 0 amide bonds. The van der Waals surface area contributed by atoms with E-state index < -0.39 is 5.60 Å². The summed E-state index contributed by atoms with van der Waals surface area (Å²) in [5.41, 5.74) is 1.22. The fourth-order valence-corrected chi connectivity index (χ4v) is 4.43. The largest absolute Gasteiger partial charge is 0.475 e. The number of ether oxygens (including phenoxy) is 1. The molecule has 0 unspecified atom stereocenters. The summed E-state index contributed by atoms with van der Waals surface area (Å²) in [6, 6.07) is 21.7. The Morgan fingerprint density at radius 3 is 2.00 bits per heavy atom. The van der Waals surface area contributed by atoms with Gasteiger partial charge in [-0.05, 0) is 28.0 Å². The second-order valence-electron chi connectivity index (χ2n) is 8.23. The minimum absolute atomic E-state index is 0.0360. The quantitative estimate of drug-likeness (QED) is 0.662. The standard InChI is InChI=1S/C24H25NO2S/c1-23(2,3)20-16-27-22(25-20)21-19(14-15-28-21)24(26,17-10-6-4-7-11-17)18-12-8-5-9-13-18/h4-15,20,26H,16H2,1-3H3/t20-/m1/s1. The molecule has 0 spiro atoms. The third kappa shape index (κ3) is 3.27. The van der Waals surface area contributed by atoms with Gasteiger partial charge in [-0.2, -0.15) is 0 Å². The average molecular weight is 392 g/mol. The van der Waals surface area contributed by atoms with Gasteiger partial charge in [0.05, 0.1) is 10.9 Å². The zero-order chi connectivity index (χ0) is 19.8. The number of aliphatic imine (C=N–C) groups is 1. The molecule has 0 bridgehead atoms. The maximum Gasteiger partial charge on any atom is 0.227 e. The summed E-state index contributed by atoms with van der Waals surface area (Å²) in [6.07, 6.45) is 0. The van der Waals surface area contributed by atoms with Crippen LogP contribution in [0.15, 0.2) is 77.1 Å². The lowest BCUT2D eigenvalue weighted by Crippen LogP contribution is -2.30. The van der Waals surface area contributed by atoms with Gasteiger partial charge < -0.3 is 9.84 Å². The highest BCUT2D eigenvalue weighted by Crippen LogP contribution is 2.41. The smallest absolute Gasteiger partial charge is 0.227 e. The maximum absolute atomic E-state index is 12.1. The fourth-order valence-electron chi connectivity index (χ4n) is 3.54. The van der Waals surface area contributed by atoms with E-state index >= 15 is 0 Å². The van der Waals surface area contributed by atoms with Crippen molar-refractivity contribution >= 4 is 17.2 Å². The maximum atomic E-state index is 12.1. The van der Waals surface area contributed by atoms with Gasteiger partial charge in [-0.15, -0.1) is 11.3 Å². The molecule has 0 saturated heterocycles. The number of hydrogen-bond acceptors (Lipinski definition) is 4. The predicted molar refractivity (Wildman–Crippen MR) is 115 cm³/mol. The van der Waals surface area contributed by atoms with Gasteiger partial charge in [0.25, 0.3) is 0 Å². The van der Waals surface area contributed by atoms with Gasteiger partial charge in [0.1, 0.15) is 12.2 Å². The summed E-state index contributed by atoms with van der Waals surface area (Å²) >= 11 is 1.56. The first-order valence-corrected chi connectivity index (χ1v) is 10.4. The van der Waals surface area contributed by atoms with Crippen LogP contribution in [0.3, 0.4) is 0 Å². The van der Waals surface area contributed by atoms with E-state index in [1.54, 1.807) is 11.3 Å². The Labute approximate surface area is 170 Å². The molecule has 28 heavy (non-hydrogen) atoms. The van der Waals surface area contributed by atoms with Crippen molar-refractivity contribution in [3.05, 3.63) is 93.7 Å². The molecular formula is C24H25NO2S. The third-order valence-electron chi connectivity index (χ3n) is 5.28. The lowest BCUT2D eigenvalue weighted by molar-refractivity contribution is 0.125. The van der Waals surface area contributed by atoms with Gasteiger partial charge in [0.2, 0.25) is 5.90 Å². The molecule has 1 atom stereocenters. The van der Waals surface area contributed by atoms with E-state index in [4.69, 9.17) is 9.73 Å². The van der Waals surface area contributed by atoms with Crippen LogP contribution < -0.4 is 0 Å². The summed E-state index contributed by atoms with van der Waals surface area (Å²) in [4.78, 5) is 5.75. The lowest BCUT2D eigenvalue weighted by Gasteiger charge is -2.30. The first-order chi connectivity index (χ1) is 13.4. The molecule has 1 aromatic heterocycles. The van der Waals surface area contributed by atoms with Crippen LogP contribution in [0.1, 0.15) is 42.3 Å². The van der Waals surface area contributed by atoms with Gasteiger partial charge in [0.15, 0.2) is 0 Å². The van der Waals surface area contributed by atoms with Crippen LogP contribution in [0.2, 0.25) is 0 Å². The van der Waals surface area contributed by atoms with Crippen molar-refractivity contribution in [1.82, 2.24) is 0 Å². The molecule has 2 heterocycles. The molecule has 1 N–H and O–H groups in total. The molecule has 0 aliphatic carbocycles. The van der Waals surface area contributed by atoms with Crippen LogP contribution in [0.5, 0.6) is 0 Å². The Kier molecular flexibility index (Phi) is 4.86. The fraction of sp³-hybridized carbons (Fsp3) is 0.292. The molecule has 144 valence electrons. The van der Waals surface area contributed by atoms with Gasteiger partial charge >= 0.3 is 0 Å². The van der Waals surface area contributed by atoms with Crippen molar-refractivity contribution in [3.63, 3.8) is 0 Å². The second-order valence-corrected chi connectivity index (χ2v) is 9.15. The molecule has 0 saturated carbocycles. The first-order valence-electron chi connectivity index (χ1n) is 9.53. The number of hydrogen-bond donors (Lipinski definition) is 1. The van der Waals surface area contributed by atoms with Crippen molar-refractivity contribution < 1.29 is 9.84 Å². The monoisotopic (exact) mass is 391 g/mol. The zero-order valence-electron chi connectivity index (χ0n) is 16.4. The molecule has 3 aromatic rings. The minimum atomic E-state index is -1.27. The third-order valence-corrected chi connectivity index (χ3v) is 6.19. The van der Waals surface area contributed by atoms with Crippen LogP contribution in [-0.2, 0) is 10.3 Å². The van der Waals surface area contributed by atoms with E-state index in [0.29, 0.717) is 12.5 Å². The number of nitrogens with zero attached hydrogens (tertiary/aromatic N) is 1. The molecular weight excluding hydrogens is 366 g/mol. The molecule has 3 nitrogen and oxygen atoms in total. The van der Waals surface area contributed by atoms with Crippen LogP contribution >= 0.6 is 11.3 Å². The lowest BCUT2D eigenvalue weighted by atomic mass is 9.80. The van der Waals surface area contributed by atoms with Crippen molar-refractivity contribution in [2.75, 3.05) is 6.61 Å². The van der Waals surface area contributed by atoms with Gasteiger partial charge in [0, 0.05) is 5.56 Å². The number of aliphatic hydroxyl groups is 1. The Balaban J connectivity index is 1.86. The summed E-state index contributed by atoms with van der Waals surface area (Å²) < 4.78 is 5.99. The Hall–Kier alpha value is -2.43. The summed E-state index contributed by atoms with van der Waals surface area (Å²) in [6.45, 7) is 7.10. The molecule has 1 aliphatic rings. The van der Waals surface area contributed by atoms with E-state index in [-0.39, 0.29) is 11.5 Å². The van der Waals surface area contributed by atoms with E-state index in [2.05, 4.69) is 20.8 Å². The zero-order valence-corrected chi connectivity index (χ0v) is 17.2. The second kappa shape index (κ2) is 7.19.